The van der Waals surface area contributed by atoms with Crippen LogP contribution in [0.2, 0.25) is 0 Å². The van der Waals surface area contributed by atoms with Gasteiger partial charge in [0.25, 0.3) is 0 Å². The fourth-order valence-electron chi connectivity index (χ4n) is 2.35. The molecule has 0 fully saturated rings. The van der Waals surface area contributed by atoms with Crippen molar-refractivity contribution in [1.29, 1.82) is 0 Å². The molecule has 2 aromatic heterocycles. The second-order valence-electron chi connectivity index (χ2n) is 5.25. The SMILES string of the molecule is Cc1cc(C)n(CC(Cn2nc(C)cc2C)C(=O)O)n1. The molecule has 0 saturated heterocycles. The van der Waals surface area contributed by atoms with Gasteiger partial charge in [0, 0.05) is 11.4 Å². The molecule has 1 N–H and O–H groups in total. The monoisotopic (exact) mass is 276 g/mol. The summed E-state index contributed by atoms with van der Waals surface area (Å²) >= 11 is 0. The van der Waals surface area contributed by atoms with E-state index in [-0.39, 0.29) is 0 Å². The first-order chi connectivity index (χ1) is 9.36. The maximum atomic E-state index is 11.5. The van der Waals surface area contributed by atoms with E-state index in [1.807, 2.05) is 39.8 Å². The minimum Gasteiger partial charge on any atom is -0.481 e. The van der Waals surface area contributed by atoms with Crippen LogP contribution in [0.1, 0.15) is 22.8 Å². The zero-order valence-electron chi connectivity index (χ0n) is 12.3. The zero-order chi connectivity index (χ0) is 14.9. The van der Waals surface area contributed by atoms with Gasteiger partial charge in [-0.2, -0.15) is 10.2 Å². The number of rotatable bonds is 5. The Labute approximate surface area is 118 Å². The van der Waals surface area contributed by atoms with Gasteiger partial charge >= 0.3 is 5.97 Å². The van der Waals surface area contributed by atoms with E-state index in [0.29, 0.717) is 13.1 Å². The fraction of sp³-hybridized carbons (Fsp3) is 0.500. The van der Waals surface area contributed by atoms with Crippen LogP contribution in [0.3, 0.4) is 0 Å². The highest BCUT2D eigenvalue weighted by atomic mass is 16.4. The quantitative estimate of drug-likeness (QED) is 0.902. The Hall–Kier alpha value is -2.11. The predicted octanol–water partition coefficient (Wildman–Crippen LogP) is 1.71. The number of hydrogen-bond donors (Lipinski definition) is 1. The Balaban J connectivity index is 2.18. The van der Waals surface area contributed by atoms with Crippen molar-refractivity contribution in [2.45, 2.75) is 40.8 Å². The summed E-state index contributed by atoms with van der Waals surface area (Å²) in [5.74, 6) is -1.38. The molecule has 0 amide bonds. The van der Waals surface area contributed by atoms with Gasteiger partial charge < -0.3 is 5.11 Å². The molecule has 0 aliphatic carbocycles. The first kappa shape index (κ1) is 14.3. The van der Waals surface area contributed by atoms with E-state index < -0.39 is 11.9 Å². The Kier molecular flexibility index (Phi) is 3.92. The van der Waals surface area contributed by atoms with Gasteiger partial charge in [0.05, 0.1) is 30.4 Å². The summed E-state index contributed by atoms with van der Waals surface area (Å²) in [5.41, 5.74) is 3.75. The highest BCUT2D eigenvalue weighted by molar-refractivity contribution is 5.69. The van der Waals surface area contributed by atoms with Crippen molar-refractivity contribution < 1.29 is 9.90 Å². The van der Waals surface area contributed by atoms with Gasteiger partial charge in [0.2, 0.25) is 0 Å². The van der Waals surface area contributed by atoms with E-state index in [1.54, 1.807) is 9.36 Å². The molecule has 108 valence electrons. The van der Waals surface area contributed by atoms with Gasteiger partial charge in [-0.1, -0.05) is 0 Å². The Morgan fingerprint density at radius 3 is 1.70 bits per heavy atom. The number of nitrogens with zero attached hydrogens (tertiary/aromatic N) is 4. The van der Waals surface area contributed by atoms with Gasteiger partial charge in [0.1, 0.15) is 0 Å². The third kappa shape index (κ3) is 3.07. The first-order valence-electron chi connectivity index (χ1n) is 6.61. The summed E-state index contributed by atoms with van der Waals surface area (Å²) in [5, 5.41) is 18.1. The van der Waals surface area contributed by atoms with Gasteiger partial charge in [-0.3, -0.25) is 14.2 Å². The third-order valence-electron chi connectivity index (χ3n) is 3.34. The normalized spacial score (nSPS) is 11.2. The van der Waals surface area contributed by atoms with Crippen LogP contribution in [-0.4, -0.2) is 30.6 Å². The molecule has 0 atom stereocenters. The third-order valence-corrected chi connectivity index (χ3v) is 3.34. The summed E-state index contributed by atoms with van der Waals surface area (Å²) in [6.07, 6.45) is 0. The smallest absolute Gasteiger partial charge is 0.310 e. The molecule has 2 heterocycles. The summed E-state index contributed by atoms with van der Waals surface area (Å²) in [7, 11) is 0. The zero-order valence-corrected chi connectivity index (χ0v) is 12.3. The van der Waals surface area contributed by atoms with Crippen molar-refractivity contribution in [1.82, 2.24) is 19.6 Å². The number of aromatic nitrogens is 4. The molecule has 6 heteroatoms. The van der Waals surface area contributed by atoms with Crippen LogP contribution in [-0.2, 0) is 17.9 Å². The highest BCUT2D eigenvalue weighted by Crippen LogP contribution is 2.11. The van der Waals surface area contributed by atoms with E-state index in [9.17, 15) is 9.90 Å². The average Bonchev–Trinajstić information content (AvgIpc) is 2.81. The van der Waals surface area contributed by atoms with Crippen LogP contribution in [0.25, 0.3) is 0 Å². The van der Waals surface area contributed by atoms with Gasteiger partial charge in [-0.15, -0.1) is 0 Å². The van der Waals surface area contributed by atoms with Crippen molar-refractivity contribution in [2.75, 3.05) is 0 Å². The molecule has 0 aromatic carbocycles. The molecular weight excluding hydrogens is 256 g/mol. The van der Waals surface area contributed by atoms with Crippen LogP contribution in [0, 0.1) is 33.6 Å². The fourth-order valence-corrected chi connectivity index (χ4v) is 2.35. The molecule has 0 unspecified atom stereocenters. The molecule has 2 aromatic rings. The average molecular weight is 276 g/mol. The summed E-state index contributed by atoms with van der Waals surface area (Å²) in [6, 6.07) is 3.89. The van der Waals surface area contributed by atoms with E-state index in [4.69, 9.17) is 0 Å². The lowest BCUT2D eigenvalue weighted by atomic mass is 10.1. The minimum absolute atomic E-state index is 0.355. The summed E-state index contributed by atoms with van der Waals surface area (Å²) in [4.78, 5) is 11.5. The summed E-state index contributed by atoms with van der Waals surface area (Å²) < 4.78 is 3.50. The molecule has 20 heavy (non-hydrogen) atoms. The molecule has 0 spiro atoms. The molecule has 0 radical (unpaired) electrons. The standard InChI is InChI=1S/C14H20N4O2/c1-9-5-11(3)17(15-9)7-13(14(19)20)8-18-12(4)6-10(2)16-18/h5-6,13H,7-8H2,1-4H3,(H,19,20). The number of aryl methyl sites for hydroxylation is 4. The largest absolute Gasteiger partial charge is 0.481 e. The molecule has 0 saturated carbocycles. The van der Waals surface area contributed by atoms with Gasteiger partial charge in [-0.25, -0.2) is 0 Å². The summed E-state index contributed by atoms with van der Waals surface area (Å²) in [6.45, 7) is 8.38. The molecule has 0 aliphatic heterocycles. The number of hydrogen-bond acceptors (Lipinski definition) is 3. The highest BCUT2D eigenvalue weighted by Gasteiger charge is 2.21. The van der Waals surface area contributed by atoms with E-state index in [0.717, 1.165) is 22.8 Å². The van der Waals surface area contributed by atoms with Crippen LogP contribution in [0.4, 0.5) is 0 Å². The lowest BCUT2D eigenvalue weighted by Gasteiger charge is -2.15. The Morgan fingerprint density at radius 1 is 1.05 bits per heavy atom. The number of carboxylic acids is 1. The molecule has 0 bridgehead atoms. The van der Waals surface area contributed by atoms with Crippen LogP contribution in [0.15, 0.2) is 12.1 Å². The lowest BCUT2D eigenvalue weighted by Crippen LogP contribution is -2.27. The van der Waals surface area contributed by atoms with E-state index >= 15 is 0 Å². The lowest BCUT2D eigenvalue weighted by molar-refractivity contribution is -0.142. The van der Waals surface area contributed by atoms with E-state index in [2.05, 4.69) is 10.2 Å². The molecule has 6 nitrogen and oxygen atoms in total. The second kappa shape index (κ2) is 5.48. The molecule has 0 aliphatic rings. The second-order valence-corrected chi connectivity index (χ2v) is 5.25. The van der Waals surface area contributed by atoms with Crippen molar-refractivity contribution in [3.63, 3.8) is 0 Å². The van der Waals surface area contributed by atoms with Crippen LogP contribution < -0.4 is 0 Å². The Bertz CT molecular complexity index is 579. The van der Waals surface area contributed by atoms with Crippen molar-refractivity contribution in [2.24, 2.45) is 5.92 Å². The molecule has 2 rings (SSSR count). The maximum absolute atomic E-state index is 11.5. The number of carbonyl (C=O) groups is 1. The van der Waals surface area contributed by atoms with Crippen LogP contribution >= 0.6 is 0 Å². The number of carboxylic acid groups (broad SMARTS) is 1. The number of aliphatic carboxylic acids is 1. The first-order valence-corrected chi connectivity index (χ1v) is 6.61. The van der Waals surface area contributed by atoms with Gasteiger partial charge in [0.15, 0.2) is 0 Å². The molecular formula is C14H20N4O2. The van der Waals surface area contributed by atoms with E-state index in [1.165, 1.54) is 0 Å². The van der Waals surface area contributed by atoms with Crippen molar-refractivity contribution in [3.8, 4) is 0 Å². The van der Waals surface area contributed by atoms with Crippen molar-refractivity contribution in [3.05, 3.63) is 34.9 Å². The van der Waals surface area contributed by atoms with Gasteiger partial charge in [-0.05, 0) is 39.8 Å². The van der Waals surface area contributed by atoms with Crippen LogP contribution in [0.5, 0.6) is 0 Å². The predicted molar refractivity (Wildman–Crippen MR) is 74.5 cm³/mol. The minimum atomic E-state index is -0.829. The topological polar surface area (TPSA) is 72.9 Å². The Morgan fingerprint density at radius 2 is 1.45 bits per heavy atom. The van der Waals surface area contributed by atoms with Crippen molar-refractivity contribution >= 4 is 5.97 Å². The maximum Gasteiger partial charge on any atom is 0.310 e.